The molecule has 33 heavy (non-hydrogen) atoms. The number of likely N-dealkylation sites (tertiary alicyclic amines) is 1. The Bertz CT molecular complexity index is 1130. The highest BCUT2D eigenvalue weighted by Gasteiger charge is 2.23. The fraction of sp³-hybridized carbons (Fsp3) is 0.500. The third-order valence-corrected chi connectivity index (χ3v) is 6.76. The van der Waals surface area contributed by atoms with Crippen LogP contribution in [0.2, 0.25) is 5.02 Å². The van der Waals surface area contributed by atoms with Gasteiger partial charge in [0.05, 0.1) is 11.4 Å². The van der Waals surface area contributed by atoms with Crippen LogP contribution in [0.3, 0.4) is 0 Å². The zero-order chi connectivity index (χ0) is 23.6. The number of rotatable bonds is 6. The van der Waals surface area contributed by atoms with Crippen molar-refractivity contribution in [1.29, 1.82) is 0 Å². The monoisotopic (exact) mass is 467 g/mol. The molecule has 1 fully saturated rings. The molecule has 1 amide bonds. The molecule has 176 valence electrons. The van der Waals surface area contributed by atoms with E-state index in [1.165, 1.54) is 19.3 Å². The van der Waals surface area contributed by atoms with Crippen LogP contribution in [0.1, 0.15) is 69.6 Å². The summed E-state index contributed by atoms with van der Waals surface area (Å²) in [4.78, 5) is 20.6. The number of amides is 1. The van der Waals surface area contributed by atoms with Crippen LogP contribution in [0.4, 0.5) is 0 Å². The number of benzene rings is 1. The van der Waals surface area contributed by atoms with Gasteiger partial charge in [-0.05, 0) is 44.9 Å². The minimum absolute atomic E-state index is 0.147. The van der Waals surface area contributed by atoms with Crippen LogP contribution < -0.4 is 5.32 Å². The van der Waals surface area contributed by atoms with Crippen LogP contribution in [-0.4, -0.2) is 51.1 Å². The van der Waals surface area contributed by atoms with Gasteiger partial charge in [0.1, 0.15) is 5.69 Å². The summed E-state index contributed by atoms with van der Waals surface area (Å²) < 4.78 is 1.66. The molecule has 1 atom stereocenters. The van der Waals surface area contributed by atoms with Crippen molar-refractivity contribution >= 4 is 23.2 Å². The van der Waals surface area contributed by atoms with E-state index >= 15 is 0 Å². The van der Waals surface area contributed by atoms with E-state index < -0.39 is 0 Å². The molecule has 0 aliphatic carbocycles. The Morgan fingerprint density at radius 3 is 2.73 bits per heavy atom. The highest BCUT2D eigenvalue weighted by Crippen LogP contribution is 2.29. The minimum atomic E-state index is -0.156. The number of nitrogens with zero attached hydrogens (tertiary/aromatic N) is 4. The van der Waals surface area contributed by atoms with Crippen LogP contribution >= 0.6 is 11.6 Å². The molecule has 2 aromatic heterocycles. The number of fused-ring (bicyclic) bond motifs is 1. The lowest BCUT2D eigenvalue weighted by atomic mass is 9.93. The smallest absolute Gasteiger partial charge is 0.270 e. The first-order valence-corrected chi connectivity index (χ1v) is 12.3. The van der Waals surface area contributed by atoms with Gasteiger partial charge in [-0.25, -0.2) is 9.50 Å². The Hall–Kier alpha value is -2.44. The molecule has 1 saturated heterocycles. The summed E-state index contributed by atoms with van der Waals surface area (Å²) in [6, 6.07) is 11.9. The quantitative estimate of drug-likeness (QED) is 0.497. The van der Waals surface area contributed by atoms with Gasteiger partial charge in [-0.2, -0.15) is 5.10 Å². The summed E-state index contributed by atoms with van der Waals surface area (Å²) in [6.45, 7) is 11.4. The molecule has 3 aromatic rings. The van der Waals surface area contributed by atoms with Crippen LogP contribution in [0.15, 0.2) is 36.4 Å². The summed E-state index contributed by atoms with van der Waals surface area (Å²) in [7, 11) is 0. The number of halogens is 1. The van der Waals surface area contributed by atoms with E-state index in [0.717, 1.165) is 30.8 Å². The average Bonchev–Trinajstić information content (AvgIpc) is 3.22. The van der Waals surface area contributed by atoms with Gasteiger partial charge < -0.3 is 10.2 Å². The summed E-state index contributed by atoms with van der Waals surface area (Å²) in [5.74, 6) is -0.147. The fourth-order valence-electron chi connectivity index (χ4n) is 4.37. The molecule has 0 spiro atoms. The van der Waals surface area contributed by atoms with Crippen molar-refractivity contribution in [3.05, 3.63) is 52.8 Å². The Morgan fingerprint density at radius 2 is 2.00 bits per heavy atom. The number of hydrogen-bond acceptors (Lipinski definition) is 4. The molecule has 0 saturated carbocycles. The number of piperidine rings is 1. The summed E-state index contributed by atoms with van der Waals surface area (Å²) >= 11 is 6.44. The van der Waals surface area contributed by atoms with E-state index in [1.54, 1.807) is 10.6 Å². The van der Waals surface area contributed by atoms with Gasteiger partial charge in [-0.1, -0.05) is 57.0 Å². The van der Waals surface area contributed by atoms with Crippen LogP contribution in [-0.2, 0) is 5.41 Å². The highest BCUT2D eigenvalue weighted by atomic mass is 35.5. The number of carbonyl (C=O) groups is 1. The molecule has 6 nitrogen and oxygen atoms in total. The first-order valence-electron chi connectivity index (χ1n) is 11.9. The predicted molar refractivity (Wildman–Crippen MR) is 134 cm³/mol. The van der Waals surface area contributed by atoms with Crippen molar-refractivity contribution in [1.82, 2.24) is 24.8 Å². The Morgan fingerprint density at radius 1 is 1.21 bits per heavy atom. The molecule has 1 unspecified atom stereocenters. The molecular formula is C26H34ClN5O. The molecular weight excluding hydrogens is 434 g/mol. The van der Waals surface area contributed by atoms with Crippen LogP contribution in [0, 0.1) is 0 Å². The van der Waals surface area contributed by atoms with Gasteiger partial charge in [-0.3, -0.25) is 4.79 Å². The van der Waals surface area contributed by atoms with Crippen molar-refractivity contribution in [3.8, 4) is 11.3 Å². The second-order valence-electron chi connectivity index (χ2n) is 10.0. The van der Waals surface area contributed by atoms with Crippen molar-refractivity contribution < 1.29 is 4.79 Å². The average molecular weight is 468 g/mol. The van der Waals surface area contributed by atoms with E-state index in [0.29, 0.717) is 34.6 Å². The maximum atomic E-state index is 13.3. The maximum absolute atomic E-state index is 13.3. The van der Waals surface area contributed by atoms with Crippen LogP contribution in [0.5, 0.6) is 0 Å². The van der Waals surface area contributed by atoms with Gasteiger partial charge in [0.15, 0.2) is 5.65 Å². The van der Waals surface area contributed by atoms with Crippen molar-refractivity contribution in [2.24, 2.45) is 0 Å². The van der Waals surface area contributed by atoms with Crippen molar-refractivity contribution in [2.75, 3.05) is 19.6 Å². The van der Waals surface area contributed by atoms with Gasteiger partial charge >= 0.3 is 0 Å². The Balaban J connectivity index is 1.58. The molecule has 1 aromatic carbocycles. The third-order valence-electron chi connectivity index (χ3n) is 6.43. The highest BCUT2D eigenvalue weighted by molar-refractivity contribution is 6.33. The van der Waals surface area contributed by atoms with E-state index in [1.807, 2.05) is 30.3 Å². The standard InChI is InChI=1S/C26H34ClN5O/c1-18-10-7-8-14-31(18)15-9-13-28-25(33)22-16-21(19-11-5-6-12-20(19)27)29-24-17-23(26(2,3)4)30-32(22)24/h5-6,11-12,16-18H,7-10,13-15H2,1-4H3,(H,28,33). The molecule has 0 radical (unpaired) electrons. The number of nitrogens with one attached hydrogen (secondary N) is 1. The summed E-state index contributed by atoms with van der Waals surface area (Å²) in [6.07, 6.45) is 4.78. The molecule has 1 aliphatic heterocycles. The van der Waals surface area contributed by atoms with Gasteiger partial charge in [0.25, 0.3) is 5.91 Å². The normalized spacial score (nSPS) is 17.4. The molecule has 4 rings (SSSR count). The Kier molecular flexibility index (Phi) is 7.05. The second kappa shape index (κ2) is 9.82. The number of aromatic nitrogens is 3. The van der Waals surface area contributed by atoms with E-state index in [2.05, 4.69) is 37.9 Å². The van der Waals surface area contributed by atoms with E-state index in [9.17, 15) is 4.79 Å². The number of carbonyl (C=O) groups excluding carboxylic acids is 1. The van der Waals surface area contributed by atoms with Crippen molar-refractivity contribution in [3.63, 3.8) is 0 Å². The lowest BCUT2D eigenvalue weighted by Crippen LogP contribution is -2.39. The van der Waals surface area contributed by atoms with Crippen molar-refractivity contribution in [2.45, 2.75) is 64.8 Å². The van der Waals surface area contributed by atoms with Gasteiger partial charge in [0.2, 0.25) is 0 Å². The van der Waals surface area contributed by atoms with Gasteiger partial charge in [-0.15, -0.1) is 0 Å². The largest absolute Gasteiger partial charge is 0.351 e. The van der Waals surface area contributed by atoms with Gasteiger partial charge in [0, 0.05) is 41.2 Å². The molecule has 7 heteroatoms. The van der Waals surface area contributed by atoms with E-state index in [4.69, 9.17) is 21.7 Å². The summed E-state index contributed by atoms with van der Waals surface area (Å²) in [5.41, 5.74) is 3.31. The summed E-state index contributed by atoms with van der Waals surface area (Å²) in [5, 5.41) is 8.43. The topological polar surface area (TPSA) is 62.5 Å². The molecule has 0 bridgehead atoms. The SMILES string of the molecule is CC1CCCCN1CCCNC(=O)c1cc(-c2ccccc2Cl)nc2cc(C(C)(C)C)nn12. The number of hydrogen-bond donors (Lipinski definition) is 1. The Labute approximate surface area is 201 Å². The first kappa shape index (κ1) is 23.7. The minimum Gasteiger partial charge on any atom is -0.351 e. The van der Waals surface area contributed by atoms with E-state index in [-0.39, 0.29) is 11.3 Å². The third kappa shape index (κ3) is 5.39. The molecule has 1 aliphatic rings. The molecule has 3 heterocycles. The van der Waals surface area contributed by atoms with Crippen LogP contribution in [0.25, 0.3) is 16.9 Å². The zero-order valence-corrected chi connectivity index (χ0v) is 20.8. The second-order valence-corrected chi connectivity index (χ2v) is 10.5. The lowest BCUT2D eigenvalue weighted by Gasteiger charge is -2.33. The molecule has 1 N–H and O–H groups in total. The fourth-order valence-corrected chi connectivity index (χ4v) is 4.61. The predicted octanol–water partition coefficient (Wildman–Crippen LogP) is 5.34. The maximum Gasteiger partial charge on any atom is 0.270 e. The lowest BCUT2D eigenvalue weighted by molar-refractivity contribution is 0.0941. The zero-order valence-electron chi connectivity index (χ0n) is 20.1. The first-order chi connectivity index (χ1) is 15.7.